The minimum absolute atomic E-state index is 0.261. The number of hydrogen-bond donors (Lipinski definition) is 2. The van der Waals surface area contributed by atoms with Gasteiger partial charge in [0.2, 0.25) is 0 Å². The number of carbonyl (C=O) groups excluding carboxylic acids is 1. The van der Waals surface area contributed by atoms with Crippen LogP contribution in [0.3, 0.4) is 0 Å². The summed E-state index contributed by atoms with van der Waals surface area (Å²) < 4.78 is 0. The Labute approximate surface area is 164 Å². The third-order valence-electron chi connectivity index (χ3n) is 5.22. The first-order valence-electron chi connectivity index (χ1n) is 10.5. The molecule has 0 aromatic carbocycles. The van der Waals surface area contributed by atoms with E-state index < -0.39 is 6.23 Å². The quantitative estimate of drug-likeness (QED) is 0.459. The number of aliphatic hydroxyl groups excluding tert-OH is 1. The fourth-order valence-electron chi connectivity index (χ4n) is 3.34. The van der Waals surface area contributed by atoms with Crippen molar-refractivity contribution in [1.82, 2.24) is 15.2 Å². The highest BCUT2D eigenvalue weighted by molar-refractivity contribution is 5.94. The Morgan fingerprint density at radius 1 is 1.11 bits per heavy atom. The average molecular weight is 377 g/mol. The molecule has 2 N–H and O–H groups in total. The van der Waals surface area contributed by atoms with Gasteiger partial charge < -0.3 is 20.2 Å². The monoisotopic (exact) mass is 376 g/mol. The average Bonchev–Trinajstić information content (AvgIpc) is 2.68. The first kappa shape index (κ1) is 21.6. The molecule has 1 aromatic heterocycles. The van der Waals surface area contributed by atoms with Crippen molar-refractivity contribution in [3.63, 3.8) is 0 Å². The van der Waals surface area contributed by atoms with Gasteiger partial charge in [0.1, 0.15) is 12.0 Å². The Hall–Kier alpha value is -1.66. The minimum atomic E-state index is -0.787. The van der Waals surface area contributed by atoms with Crippen molar-refractivity contribution in [2.24, 2.45) is 0 Å². The Morgan fingerprint density at radius 2 is 1.78 bits per heavy atom. The number of aromatic nitrogens is 1. The maximum Gasteiger partial charge on any atom is 0.254 e. The van der Waals surface area contributed by atoms with Gasteiger partial charge in [0.25, 0.3) is 5.91 Å². The van der Waals surface area contributed by atoms with Crippen LogP contribution in [0.5, 0.6) is 0 Å². The molecule has 0 aliphatic carbocycles. The number of unbranched alkanes of at least 4 members (excludes halogenated alkanes) is 6. The van der Waals surface area contributed by atoms with E-state index in [1.165, 1.54) is 32.1 Å². The van der Waals surface area contributed by atoms with Crippen LogP contribution in [0.4, 0.5) is 5.82 Å². The molecule has 1 aromatic rings. The lowest BCUT2D eigenvalue weighted by molar-refractivity contribution is 0.0758. The summed E-state index contributed by atoms with van der Waals surface area (Å²) in [5.41, 5.74) is 0.492. The van der Waals surface area contributed by atoms with Gasteiger partial charge in [-0.3, -0.25) is 4.79 Å². The molecule has 0 radical (unpaired) electrons. The molecule has 1 amide bonds. The lowest BCUT2D eigenvalue weighted by atomic mass is 10.1. The standard InChI is InChI=1S/C21H36N4O2/c1-3-4-5-6-7-8-9-10-20(26)23-21(27)18-11-12-19(22-17-18)25-15-13-24(2)14-16-25/h11-12,17,20,26H,3-10,13-16H2,1-2H3,(H,23,27). The van der Waals surface area contributed by atoms with E-state index in [-0.39, 0.29) is 5.91 Å². The largest absolute Gasteiger partial charge is 0.374 e. The summed E-state index contributed by atoms with van der Waals surface area (Å²) in [5.74, 6) is 0.645. The molecule has 27 heavy (non-hydrogen) atoms. The Balaban J connectivity index is 1.67. The molecule has 0 saturated carbocycles. The highest BCUT2D eigenvalue weighted by Crippen LogP contribution is 2.14. The molecule has 6 nitrogen and oxygen atoms in total. The van der Waals surface area contributed by atoms with Crippen LogP contribution in [-0.4, -0.2) is 60.4 Å². The zero-order valence-electron chi connectivity index (χ0n) is 17.0. The summed E-state index contributed by atoms with van der Waals surface area (Å²) in [6.07, 6.45) is 9.80. The Morgan fingerprint density at radius 3 is 2.41 bits per heavy atom. The van der Waals surface area contributed by atoms with Crippen LogP contribution in [0.15, 0.2) is 18.3 Å². The van der Waals surface area contributed by atoms with Crippen LogP contribution < -0.4 is 10.2 Å². The molecule has 1 fully saturated rings. The molecule has 1 saturated heterocycles. The van der Waals surface area contributed by atoms with Gasteiger partial charge >= 0.3 is 0 Å². The number of pyridine rings is 1. The minimum Gasteiger partial charge on any atom is -0.374 e. The van der Waals surface area contributed by atoms with Crippen molar-refractivity contribution < 1.29 is 9.90 Å². The summed E-state index contributed by atoms with van der Waals surface area (Å²) in [5, 5.41) is 12.7. The highest BCUT2D eigenvalue weighted by atomic mass is 16.3. The van der Waals surface area contributed by atoms with Gasteiger partial charge in [-0.15, -0.1) is 0 Å². The molecule has 1 atom stereocenters. The molecule has 6 heteroatoms. The summed E-state index contributed by atoms with van der Waals surface area (Å²) in [7, 11) is 2.12. The number of anilines is 1. The summed E-state index contributed by atoms with van der Waals surface area (Å²) >= 11 is 0. The lowest BCUT2D eigenvalue weighted by Crippen LogP contribution is -2.44. The molecular formula is C21H36N4O2. The van der Waals surface area contributed by atoms with E-state index in [4.69, 9.17) is 0 Å². The molecule has 0 bridgehead atoms. The van der Waals surface area contributed by atoms with Gasteiger partial charge in [-0.25, -0.2) is 4.98 Å². The fraction of sp³-hybridized carbons (Fsp3) is 0.714. The van der Waals surface area contributed by atoms with Crippen LogP contribution >= 0.6 is 0 Å². The van der Waals surface area contributed by atoms with Crippen molar-refractivity contribution >= 4 is 11.7 Å². The lowest BCUT2D eigenvalue weighted by Gasteiger charge is -2.33. The van der Waals surface area contributed by atoms with Crippen LogP contribution in [0.1, 0.15) is 68.6 Å². The highest BCUT2D eigenvalue weighted by Gasteiger charge is 2.16. The van der Waals surface area contributed by atoms with Gasteiger partial charge in [0, 0.05) is 32.4 Å². The normalized spacial score (nSPS) is 16.3. The summed E-state index contributed by atoms with van der Waals surface area (Å²) in [6.45, 7) is 6.16. The number of aliphatic hydroxyl groups is 1. The maximum atomic E-state index is 12.3. The topological polar surface area (TPSA) is 68.7 Å². The van der Waals surface area contributed by atoms with E-state index in [0.29, 0.717) is 12.0 Å². The summed E-state index contributed by atoms with van der Waals surface area (Å²) in [6, 6.07) is 3.68. The Kier molecular flexibility index (Phi) is 9.56. The zero-order valence-corrected chi connectivity index (χ0v) is 17.0. The Bertz CT molecular complexity index is 542. The second kappa shape index (κ2) is 11.9. The summed E-state index contributed by atoms with van der Waals surface area (Å²) in [4.78, 5) is 21.2. The van der Waals surface area contributed by atoms with Gasteiger partial charge in [-0.1, -0.05) is 45.4 Å². The van der Waals surface area contributed by atoms with Crippen LogP contribution in [0.25, 0.3) is 0 Å². The van der Waals surface area contributed by atoms with E-state index in [2.05, 4.69) is 34.1 Å². The van der Waals surface area contributed by atoms with Crippen molar-refractivity contribution in [2.45, 2.75) is 64.5 Å². The number of nitrogens with zero attached hydrogens (tertiary/aromatic N) is 3. The second-order valence-electron chi connectivity index (χ2n) is 7.59. The van der Waals surface area contributed by atoms with Gasteiger partial charge in [0.05, 0.1) is 5.56 Å². The first-order valence-corrected chi connectivity index (χ1v) is 10.5. The smallest absolute Gasteiger partial charge is 0.254 e. The molecule has 2 heterocycles. The fourth-order valence-corrected chi connectivity index (χ4v) is 3.34. The molecule has 152 valence electrons. The van der Waals surface area contributed by atoms with Gasteiger partial charge in [-0.2, -0.15) is 0 Å². The van der Waals surface area contributed by atoms with Crippen LogP contribution in [0.2, 0.25) is 0 Å². The van der Waals surface area contributed by atoms with E-state index >= 15 is 0 Å². The van der Waals surface area contributed by atoms with E-state index in [1.807, 2.05) is 6.07 Å². The molecular weight excluding hydrogens is 340 g/mol. The third-order valence-corrected chi connectivity index (χ3v) is 5.22. The number of nitrogens with one attached hydrogen (secondary N) is 1. The predicted molar refractivity (Wildman–Crippen MR) is 110 cm³/mol. The SMILES string of the molecule is CCCCCCCCCC(O)NC(=O)c1ccc(N2CCN(C)CC2)nc1. The predicted octanol–water partition coefficient (Wildman–Crippen LogP) is 3.02. The van der Waals surface area contributed by atoms with Gasteiger partial charge in [-0.05, 0) is 32.0 Å². The number of hydrogen-bond acceptors (Lipinski definition) is 5. The van der Waals surface area contributed by atoms with Crippen molar-refractivity contribution in [3.05, 3.63) is 23.9 Å². The molecule has 1 unspecified atom stereocenters. The van der Waals surface area contributed by atoms with Crippen molar-refractivity contribution in [3.8, 4) is 0 Å². The molecule has 1 aliphatic heterocycles. The van der Waals surface area contributed by atoms with E-state index in [1.54, 1.807) is 12.3 Å². The van der Waals surface area contributed by atoms with E-state index in [9.17, 15) is 9.90 Å². The van der Waals surface area contributed by atoms with Crippen LogP contribution in [0, 0.1) is 0 Å². The number of carbonyl (C=O) groups is 1. The van der Waals surface area contributed by atoms with Crippen molar-refractivity contribution in [2.75, 3.05) is 38.1 Å². The number of rotatable bonds is 11. The van der Waals surface area contributed by atoms with E-state index in [0.717, 1.165) is 44.8 Å². The molecule has 2 rings (SSSR count). The third kappa shape index (κ3) is 7.85. The zero-order chi connectivity index (χ0) is 19.5. The number of likely N-dealkylation sites (N-methyl/N-ethyl adjacent to an activating group) is 1. The number of piperazine rings is 1. The maximum absolute atomic E-state index is 12.3. The molecule has 0 spiro atoms. The van der Waals surface area contributed by atoms with Crippen LogP contribution in [-0.2, 0) is 0 Å². The number of amides is 1. The second-order valence-corrected chi connectivity index (χ2v) is 7.59. The van der Waals surface area contributed by atoms with Gasteiger partial charge in [0.15, 0.2) is 0 Å². The molecule has 1 aliphatic rings. The van der Waals surface area contributed by atoms with Crippen molar-refractivity contribution in [1.29, 1.82) is 0 Å². The first-order chi connectivity index (χ1) is 13.1.